The second kappa shape index (κ2) is 8.33. The van der Waals surface area contributed by atoms with Crippen LogP contribution >= 0.6 is 0 Å². The van der Waals surface area contributed by atoms with E-state index in [2.05, 4.69) is 0 Å². The van der Waals surface area contributed by atoms with Gasteiger partial charge in [0.1, 0.15) is 5.75 Å². The lowest BCUT2D eigenvalue weighted by molar-refractivity contribution is -0.153. The number of esters is 1. The summed E-state index contributed by atoms with van der Waals surface area (Å²) < 4.78 is 10.4. The van der Waals surface area contributed by atoms with Crippen molar-refractivity contribution in [2.24, 2.45) is 0 Å². The molecule has 1 heterocycles. The van der Waals surface area contributed by atoms with Crippen LogP contribution in [0.15, 0.2) is 54.6 Å². The fraction of sp³-hybridized carbons (Fsp3) is 0.300. The molecule has 3 rings (SSSR count). The Labute approximate surface area is 147 Å². The topological polar surface area (TPSA) is 55.8 Å². The standard InChI is InChI=1S/C20H21NO4/c22-19(21-12-4-5-13-21)14-25-20(23)15-24-18-10-8-17(9-11-18)16-6-2-1-3-7-16/h1-3,6-11H,4-5,12-15H2. The fourth-order valence-electron chi connectivity index (χ4n) is 2.76. The van der Waals surface area contributed by atoms with Crippen LogP contribution in [-0.4, -0.2) is 43.1 Å². The van der Waals surface area contributed by atoms with Gasteiger partial charge < -0.3 is 14.4 Å². The molecule has 0 bridgehead atoms. The Morgan fingerprint density at radius 1 is 0.840 bits per heavy atom. The first kappa shape index (κ1) is 17.0. The molecule has 0 radical (unpaired) electrons. The van der Waals surface area contributed by atoms with Crippen LogP contribution in [0, 0.1) is 0 Å². The smallest absolute Gasteiger partial charge is 0.344 e. The van der Waals surface area contributed by atoms with E-state index in [1.165, 1.54) is 0 Å². The lowest BCUT2D eigenvalue weighted by atomic mass is 10.1. The normalized spacial score (nSPS) is 13.5. The van der Waals surface area contributed by atoms with Gasteiger partial charge in [0, 0.05) is 13.1 Å². The molecule has 0 saturated carbocycles. The Hall–Kier alpha value is -2.82. The number of carbonyl (C=O) groups excluding carboxylic acids is 2. The Kier molecular flexibility index (Phi) is 5.67. The molecule has 25 heavy (non-hydrogen) atoms. The summed E-state index contributed by atoms with van der Waals surface area (Å²) in [6.45, 7) is 1.08. The third-order valence-electron chi connectivity index (χ3n) is 4.13. The second-order valence-corrected chi connectivity index (χ2v) is 5.93. The molecule has 2 aromatic carbocycles. The van der Waals surface area contributed by atoms with Crippen molar-refractivity contribution in [2.75, 3.05) is 26.3 Å². The van der Waals surface area contributed by atoms with E-state index >= 15 is 0 Å². The number of nitrogens with zero attached hydrogens (tertiary/aromatic N) is 1. The minimum absolute atomic E-state index is 0.141. The average molecular weight is 339 g/mol. The molecule has 130 valence electrons. The van der Waals surface area contributed by atoms with Crippen molar-refractivity contribution >= 4 is 11.9 Å². The third-order valence-corrected chi connectivity index (χ3v) is 4.13. The fourth-order valence-corrected chi connectivity index (χ4v) is 2.76. The summed E-state index contributed by atoms with van der Waals surface area (Å²) in [5.41, 5.74) is 2.20. The molecule has 1 amide bonds. The summed E-state index contributed by atoms with van der Waals surface area (Å²) in [5, 5.41) is 0. The highest BCUT2D eigenvalue weighted by molar-refractivity contribution is 5.81. The summed E-state index contributed by atoms with van der Waals surface area (Å²) in [6.07, 6.45) is 2.03. The number of rotatable bonds is 6. The summed E-state index contributed by atoms with van der Waals surface area (Å²) in [7, 11) is 0. The second-order valence-electron chi connectivity index (χ2n) is 5.93. The molecule has 0 atom stereocenters. The predicted octanol–water partition coefficient (Wildman–Crippen LogP) is 2.90. The molecule has 0 aliphatic carbocycles. The van der Waals surface area contributed by atoms with E-state index in [9.17, 15) is 9.59 Å². The summed E-state index contributed by atoms with van der Waals surface area (Å²) in [4.78, 5) is 25.2. The number of carbonyl (C=O) groups is 2. The van der Waals surface area contributed by atoms with Crippen LogP contribution in [0.4, 0.5) is 0 Å². The average Bonchev–Trinajstić information content (AvgIpc) is 3.20. The molecule has 0 N–H and O–H groups in total. The summed E-state index contributed by atoms with van der Waals surface area (Å²) in [5.74, 6) is -0.0970. The van der Waals surface area contributed by atoms with Gasteiger partial charge in [-0.05, 0) is 36.1 Å². The van der Waals surface area contributed by atoms with Crippen LogP contribution < -0.4 is 4.74 Å². The molecule has 5 nitrogen and oxygen atoms in total. The Morgan fingerprint density at radius 2 is 1.48 bits per heavy atom. The van der Waals surface area contributed by atoms with Gasteiger partial charge in [-0.2, -0.15) is 0 Å². The molecule has 1 aliphatic heterocycles. The van der Waals surface area contributed by atoms with Crippen LogP contribution in [0.1, 0.15) is 12.8 Å². The van der Waals surface area contributed by atoms with Gasteiger partial charge in [0.25, 0.3) is 5.91 Å². The zero-order chi connectivity index (χ0) is 17.5. The van der Waals surface area contributed by atoms with Crippen molar-refractivity contribution in [1.82, 2.24) is 4.90 Å². The van der Waals surface area contributed by atoms with Gasteiger partial charge >= 0.3 is 5.97 Å². The number of hydrogen-bond donors (Lipinski definition) is 0. The molecule has 5 heteroatoms. The van der Waals surface area contributed by atoms with E-state index in [-0.39, 0.29) is 19.1 Å². The zero-order valence-corrected chi connectivity index (χ0v) is 14.0. The van der Waals surface area contributed by atoms with E-state index in [4.69, 9.17) is 9.47 Å². The van der Waals surface area contributed by atoms with Gasteiger partial charge in [0.05, 0.1) is 0 Å². The van der Waals surface area contributed by atoms with Crippen molar-refractivity contribution in [1.29, 1.82) is 0 Å². The van der Waals surface area contributed by atoms with E-state index in [1.807, 2.05) is 54.6 Å². The summed E-state index contributed by atoms with van der Waals surface area (Å²) in [6, 6.07) is 17.5. The molecular formula is C20H21NO4. The van der Waals surface area contributed by atoms with E-state index in [0.29, 0.717) is 5.75 Å². The highest BCUT2D eigenvalue weighted by Crippen LogP contribution is 2.22. The van der Waals surface area contributed by atoms with Gasteiger partial charge in [-0.25, -0.2) is 4.79 Å². The van der Waals surface area contributed by atoms with E-state index in [0.717, 1.165) is 37.1 Å². The van der Waals surface area contributed by atoms with E-state index < -0.39 is 5.97 Å². The maximum Gasteiger partial charge on any atom is 0.344 e. The first-order valence-corrected chi connectivity index (χ1v) is 8.44. The molecule has 1 saturated heterocycles. The van der Waals surface area contributed by atoms with Crippen molar-refractivity contribution in [3.63, 3.8) is 0 Å². The highest BCUT2D eigenvalue weighted by Gasteiger charge is 2.19. The minimum atomic E-state index is -0.542. The number of hydrogen-bond acceptors (Lipinski definition) is 4. The molecule has 1 aliphatic rings. The van der Waals surface area contributed by atoms with Crippen LogP contribution in [0.2, 0.25) is 0 Å². The number of amides is 1. The van der Waals surface area contributed by atoms with Crippen molar-refractivity contribution in [3.05, 3.63) is 54.6 Å². The first-order chi connectivity index (χ1) is 12.2. The van der Waals surface area contributed by atoms with Gasteiger partial charge in [0.15, 0.2) is 13.2 Å². The van der Waals surface area contributed by atoms with Crippen LogP contribution in [0.3, 0.4) is 0 Å². The maximum absolute atomic E-state index is 11.8. The van der Waals surface area contributed by atoms with Gasteiger partial charge in [-0.15, -0.1) is 0 Å². The van der Waals surface area contributed by atoms with Crippen molar-refractivity contribution in [2.45, 2.75) is 12.8 Å². The van der Waals surface area contributed by atoms with Gasteiger partial charge in [0.2, 0.25) is 0 Å². The monoisotopic (exact) mass is 339 g/mol. The number of likely N-dealkylation sites (tertiary alicyclic amines) is 1. The lowest BCUT2D eigenvalue weighted by Crippen LogP contribution is -2.32. The minimum Gasteiger partial charge on any atom is -0.482 e. The van der Waals surface area contributed by atoms with Crippen LogP contribution in [0.5, 0.6) is 5.75 Å². The largest absolute Gasteiger partial charge is 0.482 e. The molecule has 0 spiro atoms. The Morgan fingerprint density at radius 3 is 2.16 bits per heavy atom. The van der Waals surface area contributed by atoms with E-state index in [1.54, 1.807) is 4.90 Å². The molecular weight excluding hydrogens is 318 g/mol. The SMILES string of the molecule is O=C(COc1ccc(-c2ccccc2)cc1)OCC(=O)N1CCCC1. The van der Waals surface area contributed by atoms with Crippen molar-refractivity contribution in [3.8, 4) is 16.9 Å². The molecule has 1 fully saturated rings. The van der Waals surface area contributed by atoms with Gasteiger partial charge in [-0.3, -0.25) is 4.79 Å². The molecule has 0 unspecified atom stereocenters. The molecule has 0 aromatic heterocycles. The van der Waals surface area contributed by atoms with Gasteiger partial charge in [-0.1, -0.05) is 42.5 Å². The summed E-state index contributed by atoms with van der Waals surface area (Å²) >= 11 is 0. The van der Waals surface area contributed by atoms with Crippen LogP contribution in [0.25, 0.3) is 11.1 Å². The first-order valence-electron chi connectivity index (χ1n) is 8.44. The Bertz CT molecular complexity index is 706. The zero-order valence-electron chi connectivity index (χ0n) is 14.0. The lowest BCUT2D eigenvalue weighted by Gasteiger charge is -2.15. The quantitative estimate of drug-likeness (QED) is 0.760. The highest BCUT2D eigenvalue weighted by atomic mass is 16.6. The van der Waals surface area contributed by atoms with Crippen LogP contribution in [-0.2, 0) is 14.3 Å². The van der Waals surface area contributed by atoms with Crippen molar-refractivity contribution < 1.29 is 19.1 Å². The number of benzene rings is 2. The maximum atomic E-state index is 11.8. The third kappa shape index (κ3) is 4.83. The predicted molar refractivity (Wildman–Crippen MR) is 94.1 cm³/mol. The number of ether oxygens (including phenoxy) is 2. The Balaban J connectivity index is 1.43. The molecule has 2 aromatic rings.